The largest absolute Gasteiger partial charge is 0.495 e. The van der Waals surface area contributed by atoms with Crippen molar-refractivity contribution < 1.29 is 23.9 Å². The molecular formula is C19H23N3O5. The van der Waals surface area contributed by atoms with E-state index in [1.807, 2.05) is 6.92 Å². The van der Waals surface area contributed by atoms with Gasteiger partial charge >= 0.3 is 17.8 Å². The molecular weight excluding hydrogens is 350 g/mol. The molecule has 1 aliphatic heterocycles. The first-order valence-corrected chi connectivity index (χ1v) is 9.06. The highest BCUT2D eigenvalue weighted by Crippen LogP contribution is 2.31. The van der Waals surface area contributed by atoms with Crippen LogP contribution in [0.15, 0.2) is 24.3 Å². The second kappa shape index (κ2) is 7.77. The van der Waals surface area contributed by atoms with E-state index in [0.717, 1.165) is 24.2 Å². The molecule has 1 saturated heterocycles. The summed E-state index contributed by atoms with van der Waals surface area (Å²) in [5.74, 6) is -1.77. The molecule has 1 N–H and O–H groups in total. The second-order valence-electron chi connectivity index (χ2n) is 6.93. The van der Waals surface area contributed by atoms with Gasteiger partial charge in [0.25, 0.3) is 0 Å². The number of amides is 5. The molecule has 1 saturated carbocycles. The first-order valence-electron chi connectivity index (χ1n) is 9.06. The number of benzene rings is 1. The average Bonchev–Trinajstić information content (AvgIpc) is 2.86. The van der Waals surface area contributed by atoms with Gasteiger partial charge in [-0.3, -0.25) is 19.3 Å². The van der Waals surface area contributed by atoms with Gasteiger partial charge in [0, 0.05) is 6.04 Å². The minimum absolute atomic E-state index is 0.141. The molecule has 144 valence electrons. The Labute approximate surface area is 157 Å². The van der Waals surface area contributed by atoms with Crippen molar-refractivity contribution in [2.24, 2.45) is 5.92 Å². The van der Waals surface area contributed by atoms with E-state index < -0.39 is 30.3 Å². The molecule has 0 spiro atoms. The van der Waals surface area contributed by atoms with Crippen molar-refractivity contribution in [3.05, 3.63) is 24.3 Å². The minimum Gasteiger partial charge on any atom is -0.495 e. The molecule has 5 amide bonds. The predicted octanol–water partition coefficient (Wildman–Crippen LogP) is 2.00. The van der Waals surface area contributed by atoms with E-state index in [2.05, 4.69) is 5.32 Å². The van der Waals surface area contributed by atoms with E-state index in [0.29, 0.717) is 22.8 Å². The lowest BCUT2D eigenvalue weighted by Crippen LogP contribution is -2.46. The van der Waals surface area contributed by atoms with Gasteiger partial charge in [0.1, 0.15) is 12.3 Å². The predicted molar refractivity (Wildman–Crippen MR) is 97.0 cm³/mol. The van der Waals surface area contributed by atoms with Crippen LogP contribution in [0.25, 0.3) is 0 Å². The Morgan fingerprint density at radius 2 is 1.85 bits per heavy atom. The second-order valence-corrected chi connectivity index (χ2v) is 6.93. The lowest BCUT2D eigenvalue weighted by Gasteiger charge is -2.34. The molecule has 2 atom stereocenters. The zero-order chi connectivity index (χ0) is 19.6. The molecule has 3 rings (SSSR count). The summed E-state index contributed by atoms with van der Waals surface area (Å²) in [5, 5.41) is 2.61. The van der Waals surface area contributed by atoms with Gasteiger partial charge in [-0.2, -0.15) is 0 Å². The zero-order valence-electron chi connectivity index (χ0n) is 15.4. The fraction of sp³-hybridized carbons (Fsp3) is 0.474. The lowest BCUT2D eigenvalue weighted by molar-refractivity contribution is -0.145. The number of methoxy groups -OCH3 is 1. The van der Waals surface area contributed by atoms with E-state index >= 15 is 0 Å². The number of imide groups is 2. The van der Waals surface area contributed by atoms with Crippen molar-refractivity contribution in [2.45, 2.75) is 38.6 Å². The van der Waals surface area contributed by atoms with E-state index in [-0.39, 0.29) is 12.0 Å². The molecule has 1 aromatic carbocycles. The molecule has 0 bridgehead atoms. The third-order valence-corrected chi connectivity index (χ3v) is 5.16. The Hall–Kier alpha value is -2.90. The maximum atomic E-state index is 12.7. The summed E-state index contributed by atoms with van der Waals surface area (Å²) in [6.45, 7) is 1.46. The smallest absolute Gasteiger partial charge is 0.334 e. The van der Waals surface area contributed by atoms with Crippen LogP contribution in [0.4, 0.5) is 10.5 Å². The Morgan fingerprint density at radius 3 is 2.56 bits per heavy atom. The maximum absolute atomic E-state index is 12.7. The fourth-order valence-corrected chi connectivity index (χ4v) is 3.72. The Bertz CT molecular complexity index is 778. The quantitative estimate of drug-likeness (QED) is 0.629. The van der Waals surface area contributed by atoms with Crippen LogP contribution in [0.3, 0.4) is 0 Å². The van der Waals surface area contributed by atoms with Gasteiger partial charge in [0.2, 0.25) is 5.91 Å². The van der Waals surface area contributed by atoms with Crippen LogP contribution in [0, 0.1) is 5.92 Å². The summed E-state index contributed by atoms with van der Waals surface area (Å²) in [6, 6.07) is 5.80. The van der Waals surface area contributed by atoms with Crippen LogP contribution in [0.2, 0.25) is 0 Å². The SMILES string of the molecule is COc1ccccc1NC(=O)CN1C(=O)C(=O)N([C@@H]2CCCC[C@@H]2C)C1=O. The van der Waals surface area contributed by atoms with E-state index in [1.165, 1.54) is 7.11 Å². The van der Waals surface area contributed by atoms with E-state index in [9.17, 15) is 19.2 Å². The molecule has 1 heterocycles. The summed E-state index contributed by atoms with van der Waals surface area (Å²) in [6.07, 6.45) is 3.55. The summed E-state index contributed by atoms with van der Waals surface area (Å²) in [4.78, 5) is 51.5. The molecule has 8 heteroatoms. The van der Waals surface area contributed by atoms with Crippen molar-refractivity contribution in [3.63, 3.8) is 0 Å². The molecule has 0 radical (unpaired) electrons. The lowest BCUT2D eigenvalue weighted by atomic mass is 9.85. The number of hydrogen-bond acceptors (Lipinski definition) is 5. The minimum atomic E-state index is -0.951. The zero-order valence-corrected chi connectivity index (χ0v) is 15.4. The number of nitrogens with one attached hydrogen (secondary N) is 1. The van der Waals surface area contributed by atoms with Gasteiger partial charge in [-0.1, -0.05) is 31.9 Å². The molecule has 8 nitrogen and oxygen atoms in total. The van der Waals surface area contributed by atoms with Gasteiger partial charge in [0.15, 0.2) is 0 Å². The monoisotopic (exact) mass is 373 g/mol. The molecule has 1 aliphatic carbocycles. The van der Waals surface area contributed by atoms with Gasteiger partial charge in [0.05, 0.1) is 12.8 Å². The number of para-hydroxylation sites is 2. The van der Waals surface area contributed by atoms with Crippen LogP contribution in [-0.2, 0) is 14.4 Å². The molecule has 2 fully saturated rings. The third-order valence-electron chi connectivity index (χ3n) is 5.16. The molecule has 1 aromatic rings. The van der Waals surface area contributed by atoms with Crippen LogP contribution in [0.1, 0.15) is 32.6 Å². The molecule has 0 aromatic heterocycles. The summed E-state index contributed by atoms with van der Waals surface area (Å²) >= 11 is 0. The molecule has 0 unspecified atom stereocenters. The van der Waals surface area contributed by atoms with E-state index in [4.69, 9.17) is 4.74 Å². The van der Waals surface area contributed by atoms with Crippen molar-refractivity contribution in [1.82, 2.24) is 9.80 Å². The summed E-state index contributed by atoms with van der Waals surface area (Å²) in [5.41, 5.74) is 0.424. The van der Waals surface area contributed by atoms with Crippen molar-refractivity contribution in [3.8, 4) is 5.75 Å². The maximum Gasteiger partial charge on any atom is 0.334 e. The van der Waals surface area contributed by atoms with Crippen LogP contribution in [-0.4, -0.2) is 53.2 Å². The Kier molecular flexibility index (Phi) is 5.43. The fourth-order valence-electron chi connectivity index (χ4n) is 3.72. The van der Waals surface area contributed by atoms with Gasteiger partial charge < -0.3 is 10.1 Å². The topological polar surface area (TPSA) is 96.0 Å². The first-order chi connectivity index (χ1) is 12.9. The molecule has 27 heavy (non-hydrogen) atoms. The number of carbonyl (C=O) groups is 4. The Balaban J connectivity index is 1.71. The van der Waals surface area contributed by atoms with Crippen molar-refractivity contribution in [2.75, 3.05) is 19.0 Å². The first kappa shape index (κ1) is 18.9. The number of anilines is 1. The van der Waals surface area contributed by atoms with Crippen LogP contribution in [0.5, 0.6) is 5.75 Å². The van der Waals surface area contributed by atoms with Crippen molar-refractivity contribution >= 4 is 29.4 Å². The third kappa shape index (κ3) is 3.65. The highest BCUT2D eigenvalue weighted by atomic mass is 16.5. The number of urea groups is 1. The van der Waals surface area contributed by atoms with Gasteiger partial charge in [-0.15, -0.1) is 0 Å². The number of nitrogens with zero attached hydrogens (tertiary/aromatic N) is 2. The van der Waals surface area contributed by atoms with Crippen LogP contribution >= 0.6 is 0 Å². The van der Waals surface area contributed by atoms with Gasteiger partial charge in [-0.25, -0.2) is 9.69 Å². The number of ether oxygens (including phenoxy) is 1. The van der Waals surface area contributed by atoms with Crippen molar-refractivity contribution in [1.29, 1.82) is 0 Å². The normalized spacial score (nSPS) is 23.0. The Morgan fingerprint density at radius 1 is 1.15 bits per heavy atom. The number of rotatable bonds is 5. The highest BCUT2D eigenvalue weighted by molar-refractivity contribution is 6.45. The van der Waals surface area contributed by atoms with E-state index in [1.54, 1.807) is 24.3 Å². The summed E-state index contributed by atoms with van der Waals surface area (Å²) in [7, 11) is 1.47. The number of carbonyl (C=O) groups excluding carboxylic acids is 4. The highest BCUT2D eigenvalue weighted by Gasteiger charge is 2.49. The van der Waals surface area contributed by atoms with Crippen LogP contribution < -0.4 is 10.1 Å². The van der Waals surface area contributed by atoms with Gasteiger partial charge in [-0.05, 0) is 30.9 Å². The standard InChI is InChI=1S/C19H23N3O5/c1-12-7-3-5-9-14(12)22-18(25)17(24)21(19(22)26)11-16(23)20-13-8-4-6-10-15(13)27-2/h4,6,8,10,12,14H,3,5,7,9,11H2,1-2H3,(H,20,23)/t12-,14+/m0/s1. The average molecular weight is 373 g/mol. The summed E-state index contributed by atoms with van der Waals surface area (Å²) < 4.78 is 5.16. The molecule has 2 aliphatic rings. The number of hydrogen-bond donors (Lipinski definition) is 1.